The second-order valence-corrected chi connectivity index (χ2v) is 14.4. The molecule has 0 spiro atoms. The number of phenols is 1. The van der Waals surface area contributed by atoms with E-state index in [0.717, 1.165) is 20.6 Å². The van der Waals surface area contributed by atoms with E-state index in [1.807, 2.05) is 73.7 Å². The Kier molecular flexibility index (Phi) is 7.67. The van der Waals surface area contributed by atoms with Gasteiger partial charge < -0.3 is 9.84 Å². The van der Waals surface area contributed by atoms with Gasteiger partial charge in [-0.2, -0.15) is 5.01 Å². The highest BCUT2D eigenvalue weighted by Crippen LogP contribution is 2.64. The van der Waals surface area contributed by atoms with Gasteiger partial charge in [-0.3, -0.25) is 29.5 Å². The van der Waals surface area contributed by atoms with Crippen molar-refractivity contribution >= 4 is 50.9 Å². The van der Waals surface area contributed by atoms with Crippen molar-refractivity contribution in [2.24, 2.45) is 23.7 Å². The van der Waals surface area contributed by atoms with E-state index >= 15 is 4.79 Å². The number of ether oxygens (including phenoxy) is 1. The lowest BCUT2D eigenvalue weighted by atomic mass is 9.49. The summed E-state index contributed by atoms with van der Waals surface area (Å²) in [5, 5.41) is 12.2. The van der Waals surface area contributed by atoms with Crippen molar-refractivity contribution in [3.63, 3.8) is 0 Å². The number of allylic oxidation sites excluding steroid dienone is 2. The summed E-state index contributed by atoms with van der Waals surface area (Å²) in [5.41, 5.74) is 5.86. The average Bonchev–Trinajstić information content (AvgIpc) is 3.50. The molecule has 4 aromatic rings. The van der Waals surface area contributed by atoms with Crippen molar-refractivity contribution in [3.8, 4) is 11.5 Å². The molecule has 0 bridgehead atoms. The van der Waals surface area contributed by atoms with Gasteiger partial charge in [-0.25, -0.2) is 0 Å². The molecule has 4 amide bonds. The van der Waals surface area contributed by atoms with Crippen molar-refractivity contribution in [1.29, 1.82) is 0 Å². The third kappa shape index (κ3) is 4.65. The van der Waals surface area contributed by atoms with Gasteiger partial charge in [0.1, 0.15) is 0 Å². The summed E-state index contributed by atoms with van der Waals surface area (Å²) in [5.74, 6) is -4.76. The van der Waals surface area contributed by atoms with Crippen LogP contribution in [0.3, 0.4) is 0 Å². The SMILES string of the molecule is COc1ccc(C2C3=CCC4C(=O)N(c5ccc(Br)cc5)C(=O)C4C3CC3C(=O)N(Nc4ccc(C)cc4)C(=O)C32c2ccccc2)cc1O. The summed E-state index contributed by atoms with van der Waals surface area (Å²) in [6.07, 6.45) is 2.49. The van der Waals surface area contributed by atoms with E-state index in [-0.39, 0.29) is 29.7 Å². The number of hydrogen-bond acceptors (Lipinski definition) is 7. The third-order valence-electron chi connectivity index (χ3n) is 11.0. The monoisotopic (exact) mass is 731 g/mol. The molecule has 0 radical (unpaired) electrons. The Morgan fingerprint density at radius 3 is 2.26 bits per heavy atom. The van der Waals surface area contributed by atoms with Crippen LogP contribution in [-0.2, 0) is 24.6 Å². The number of aryl methyl sites for hydroxylation is 1. The maximum atomic E-state index is 15.2. The standard InChI is InChI=1S/C40H34BrN3O6/c1-22-8-13-26(14-9-22)42-44-37(47)31-21-30-28(17-18-29-34(30)38(48)43(36(29)46)27-15-11-25(41)12-16-27)35(23-10-19-33(50-2)32(45)20-23)40(31,39(44)49)24-6-4-3-5-7-24/h3-17,19-20,29-31,34-35,42,45H,18,21H2,1-2H3. The smallest absolute Gasteiger partial charge is 0.260 e. The Labute approximate surface area is 297 Å². The van der Waals surface area contributed by atoms with Crippen molar-refractivity contribution in [2.75, 3.05) is 17.4 Å². The van der Waals surface area contributed by atoms with Gasteiger partial charge in [0.15, 0.2) is 11.5 Å². The van der Waals surface area contributed by atoms with Crippen molar-refractivity contribution in [3.05, 3.63) is 130 Å². The molecule has 2 aliphatic heterocycles. The summed E-state index contributed by atoms with van der Waals surface area (Å²) >= 11 is 3.43. The minimum absolute atomic E-state index is 0.110. The van der Waals surface area contributed by atoms with Crippen LogP contribution in [0.5, 0.6) is 11.5 Å². The summed E-state index contributed by atoms with van der Waals surface area (Å²) in [6.45, 7) is 1.96. The molecule has 2 heterocycles. The van der Waals surface area contributed by atoms with Crippen LogP contribution >= 0.6 is 15.9 Å². The van der Waals surface area contributed by atoms with Gasteiger partial charge in [0.25, 0.3) is 11.8 Å². The number of imide groups is 2. The summed E-state index contributed by atoms with van der Waals surface area (Å²) in [7, 11) is 1.46. The van der Waals surface area contributed by atoms with Crippen LogP contribution in [0.4, 0.5) is 11.4 Å². The first-order valence-electron chi connectivity index (χ1n) is 16.6. The molecule has 1 saturated carbocycles. The molecule has 6 atom stereocenters. The highest BCUT2D eigenvalue weighted by Gasteiger charge is 2.70. The van der Waals surface area contributed by atoms with E-state index < -0.39 is 46.8 Å². The molecule has 3 fully saturated rings. The first-order chi connectivity index (χ1) is 24.1. The van der Waals surface area contributed by atoms with Crippen LogP contribution < -0.4 is 15.1 Å². The molecule has 8 rings (SSSR count). The molecule has 9 nitrogen and oxygen atoms in total. The predicted octanol–water partition coefficient (Wildman–Crippen LogP) is 6.66. The second kappa shape index (κ2) is 12.0. The van der Waals surface area contributed by atoms with E-state index in [9.17, 15) is 19.5 Å². The maximum absolute atomic E-state index is 15.2. The molecule has 2 aliphatic carbocycles. The van der Waals surface area contributed by atoms with E-state index in [2.05, 4.69) is 21.4 Å². The summed E-state index contributed by atoms with van der Waals surface area (Å²) in [6, 6.07) is 28.9. The lowest BCUT2D eigenvalue weighted by Gasteiger charge is -2.50. The predicted molar refractivity (Wildman–Crippen MR) is 190 cm³/mol. The quantitative estimate of drug-likeness (QED) is 0.168. The first kappa shape index (κ1) is 32.0. The molecular formula is C40H34BrN3O6. The van der Waals surface area contributed by atoms with E-state index in [0.29, 0.717) is 28.9 Å². The summed E-state index contributed by atoms with van der Waals surface area (Å²) < 4.78 is 6.19. The number of hydrogen-bond donors (Lipinski definition) is 2. The zero-order valence-corrected chi connectivity index (χ0v) is 29.0. The molecule has 4 aromatic carbocycles. The number of carbonyl (C=O) groups excluding carboxylic acids is 4. The molecule has 4 aliphatic rings. The number of phenolic OH excluding ortho intramolecular Hbond substituents is 1. The Hall–Kier alpha value is -5.22. The van der Waals surface area contributed by atoms with Gasteiger partial charge >= 0.3 is 0 Å². The second-order valence-electron chi connectivity index (χ2n) is 13.5. The fourth-order valence-electron chi connectivity index (χ4n) is 8.85. The molecule has 2 saturated heterocycles. The van der Waals surface area contributed by atoms with Crippen molar-refractivity contribution in [1.82, 2.24) is 5.01 Å². The maximum Gasteiger partial charge on any atom is 0.260 e. The molecular weight excluding hydrogens is 698 g/mol. The highest BCUT2D eigenvalue weighted by molar-refractivity contribution is 9.10. The van der Waals surface area contributed by atoms with Crippen LogP contribution in [-0.4, -0.2) is 40.9 Å². The number of carbonyl (C=O) groups is 4. The van der Waals surface area contributed by atoms with Gasteiger partial charge in [0.05, 0.1) is 41.7 Å². The number of amides is 4. The third-order valence-corrected chi connectivity index (χ3v) is 11.5. The largest absolute Gasteiger partial charge is 0.504 e. The number of anilines is 2. The lowest BCUT2D eigenvalue weighted by molar-refractivity contribution is -0.138. The molecule has 6 unspecified atom stereocenters. The van der Waals surface area contributed by atoms with Gasteiger partial charge in [-0.15, -0.1) is 0 Å². The van der Waals surface area contributed by atoms with E-state index in [1.54, 1.807) is 36.4 Å². The van der Waals surface area contributed by atoms with Crippen LogP contribution in [0.1, 0.15) is 35.4 Å². The Morgan fingerprint density at radius 2 is 1.58 bits per heavy atom. The number of aromatic hydroxyl groups is 1. The number of benzene rings is 4. The number of halogens is 1. The number of fused-ring (bicyclic) bond motifs is 4. The normalized spacial score (nSPS) is 27.1. The van der Waals surface area contributed by atoms with Gasteiger partial charge in [-0.05, 0) is 85.3 Å². The number of hydrazine groups is 1. The Balaban J connectivity index is 1.32. The van der Waals surface area contributed by atoms with Crippen LogP contribution in [0.2, 0.25) is 0 Å². The number of rotatable bonds is 6. The van der Waals surface area contributed by atoms with Crippen LogP contribution in [0.25, 0.3) is 0 Å². The van der Waals surface area contributed by atoms with Crippen molar-refractivity contribution in [2.45, 2.75) is 31.1 Å². The van der Waals surface area contributed by atoms with Crippen LogP contribution in [0.15, 0.2) is 113 Å². The average molecular weight is 733 g/mol. The topological polar surface area (TPSA) is 116 Å². The molecule has 10 heteroatoms. The van der Waals surface area contributed by atoms with Gasteiger partial charge in [0, 0.05) is 10.4 Å². The number of methoxy groups -OCH3 is 1. The minimum atomic E-state index is -1.43. The zero-order valence-electron chi connectivity index (χ0n) is 27.4. The van der Waals surface area contributed by atoms with Crippen LogP contribution in [0, 0.1) is 30.6 Å². The number of nitrogens with one attached hydrogen (secondary N) is 1. The molecule has 0 aromatic heterocycles. The van der Waals surface area contributed by atoms with Gasteiger partial charge in [0.2, 0.25) is 11.8 Å². The number of nitrogens with zero attached hydrogens (tertiary/aromatic N) is 2. The zero-order chi connectivity index (χ0) is 34.9. The highest BCUT2D eigenvalue weighted by atomic mass is 79.9. The first-order valence-corrected chi connectivity index (χ1v) is 17.4. The molecule has 2 N–H and O–H groups in total. The Morgan fingerprint density at radius 1 is 0.860 bits per heavy atom. The summed E-state index contributed by atoms with van der Waals surface area (Å²) in [4.78, 5) is 59.6. The molecule has 50 heavy (non-hydrogen) atoms. The fraction of sp³-hybridized carbons (Fsp3) is 0.250. The fourth-order valence-corrected chi connectivity index (χ4v) is 9.12. The Bertz CT molecular complexity index is 2080. The van der Waals surface area contributed by atoms with Crippen molar-refractivity contribution < 1.29 is 29.0 Å². The van der Waals surface area contributed by atoms with E-state index in [1.165, 1.54) is 12.0 Å². The lowest BCUT2D eigenvalue weighted by Crippen LogP contribution is -2.53. The minimum Gasteiger partial charge on any atom is -0.504 e. The molecule has 252 valence electrons. The van der Waals surface area contributed by atoms with Gasteiger partial charge in [-0.1, -0.05) is 81.7 Å². The van der Waals surface area contributed by atoms with E-state index in [4.69, 9.17) is 4.74 Å².